The molecule has 2 aromatic heterocycles. The van der Waals surface area contributed by atoms with Crippen LogP contribution in [-0.4, -0.2) is 39.1 Å². The quantitative estimate of drug-likeness (QED) is 0.502. The van der Waals surface area contributed by atoms with Gasteiger partial charge in [0.1, 0.15) is 11.9 Å². The molecule has 8 nitrogen and oxygen atoms in total. The van der Waals surface area contributed by atoms with Crippen LogP contribution in [0.15, 0.2) is 48.8 Å². The summed E-state index contributed by atoms with van der Waals surface area (Å²) < 4.78 is 25.2. The summed E-state index contributed by atoms with van der Waals surface area (Å²) in [5, 5.41) is 11.1. The summed E-state index contributed by atoms with van der Waals surface area (Å²) in [4.78, 5) is 22.6. The molecule has 0 aliphatic carbocycles. The lowest BCUT2D eigenvalue weighted by atomic mass is 9.86. The van der Waals surface area contributed by atoms with Gasteiger partial charge in [0.2, 0.25) is 12.8 Å². The maximum absolute atomic E-state index is 13.4. The topological polar surface area (TPSA) is 103 Å². The number of nitrogens with zero attached hydrogens (tertiary/aromatic N) is 3. The molecule has 30 heavy (non-hydrogen) atoms. The number of nitro groups is 1. The van der Waals surface area contributed by atoms with Gasteiger partial charge in [-0.15, -0.1) is 0 Å². The third-order valence-electron chi connectivity index (χ3n) is 5.11. The first-order valence-electron chi connectivity index (χ1n) is 9.48. The average Bonchev–Trinajstić information content (AvgIpc) is 3.16. The molecule has 0 spiro atoms. The number of nitrogens with one attached hydrogen (secondary N) is 1. The number of halogens is 1. The molecular formula is C21H21FN4O4. The Kier molecular flexibility index (Phi) is 5.31. The number of imidazole rings is 1. The minimum absolute atomic E-state index is 0.285. The number of aromatic nitrogens is 3. The van der Waals surface area contributed by atoms with Crippen molar-refractivity contribution in [3.05, 3.63) is 70.5 Å². The van der Waals surface area contributed by atoms with Gasteiger partial charge in [-0.1, -0.05) is 13.8 Å². The fourth-order valence-electron chi connectivity index (χ4n) is 3.37. The predicted molar refractivity (Wildman–Crippen MR) is 106 cm³/mol. The van der Waals surface area contributed by atoms with E-state index in [1.54, 1.807) is 24.5 Å². The summed E-state index contributed by atoms with van der Waals surface area (Å²) in [6, 6.07) is 9.66. The maximum atomic E-state index is 13.4. The van der Waals surface area contributed by atoms with Crippen LogP contribution in [0.5, 0.6) is 0 Å². The third kappa shape index (κ3) is 4.07. The van der Waals surface area contributed by atoms with E-state index in [0.29, 0.717) is 22.8 Å². The van der Waals surface area contributed by atoms with E-state index < -0.39 is 17.8 Å². The molecule has 3 aromatic rings. The molecular weight excluding hydrogens is 391 g/mol. The summed E-state index contributed by atoms with van der Waals surface area (Å²) in [7, 11) is 0. The number of rotatable bonds is 5. The first kappa shape index (κ1) is 20.1. The van der Waals surface area contributed by atoms with Crippen LogP contribution in [0.2, 0.25) is 0 Å². The van der Waals surface area contributed by atoms with Gasteiger partial charge in [-0.3, -0.25) is 15.1 Å². The van der Waals surface area contributed by atoms with Gasteiger partial charge < -0.3 is 14.5 Å². The Balaban J connectivity index is 1.72. The molecule has 0 saturated carbocycles. The zero-order valence-electron chi connectivity index (χ0n) is 16.5. The van der Waals surface area contributed by atoms with Crippen LogP contribution in [0.3, 0.4) is 0 Å². The third-order valence-corrected chi connectivity index (χ3v) is 5.11. The maximum Gasteiger partial charge on any atom is 0.230 e. The molecule has 1 fully saturated rings. The molecule has 1 aliphatic heterocycles. The van der Waals surface area contributed by atoms with Crippen molar-refractivity contribution in [2.24, 2.45) is 5.41 Å². The molecule has 1 aromatic carbocycles. The van der Waals surface area contributed by atoms with Crippen LogP contribution in [0, 0.1) is 21.3 Å². The van der Waals surface area contributed by atoms with E-state index in [1.807, 2.05) is 26.0 Å². The normalized spacial score (nSPS) is 20.8. The average molecular weight is 412 g/mol. The van der Waals surface area contributed by atoms with E-state index in [4.69, 9.17) is 9.47 Å². The van der Waals surface area contributed by atoms with Crippen molar-refractivity contribution in [3.63, 3.8) is 0 Å². The van der Waals surface area contributed by atoms with Crippen LogP contribution >= 0.6 is 0 Å². The molecule has 3 heterocycles. The van der Waals surface area contributed by atoms with Crippen LogP contribution in [0.1, 0.15) is 26.0 Å². The van der Waals surface area contributed by atoms with Gasteiger partial charge in [0.05, 0.1) is 18.0 Å². The van der Waals surface area contributed by atoms with Crippen molar-refractivity contribution >= 4 is 0 Å². The summed E-state index contributed by atoms with van der Waals surface area (Å²) in [6.07, 6.45) is 1.81. The predicted octanol–water partition coefficient (Wildman–Crippen LogP) is 3.99. The van der Waals surface area contributed by atoms with Crippen molar-refractivity contribution in [3.8, 4) is 22.5 Å². The molecule has 0 amide bonds. The van der Waals surface area contributed by atoms with Crippen molar-refractivity contribution in [1.82, 2.24) is 15.0 Å². The fraction of sp³-hybridized carbons (Fsp3) is 0.333. The van der Waals surface area contributed by atoms with Crippen LogP contribution in [-0.2, 0) is 9.47 Å². The molecule has 0 bridgehead atoms. The van der Waals surface area contributed by atoms with Gasteiger partial charge in [-0.25, -0.2) is 9.37 Å². The highest BCUT2D eigenvalue weighted by Gasteiger charge is 2.42. The smallest absolute Gasteiger partial charge is 0.230 e. The summed E-state index contributed by atoms with van der Waals surface area (Å²) in [6.45, 7) is 3.70. The fourth-order valence-corrected chi connectivity index (χ4v) is 3.37. The monoisotopic (exact) mass is 412 g/mol. The standard InChI is InChI=1S/C21H21FN4O4/c1-21(2)12-29-20(30-16(21)11-26(27)28)19-24-17(13-3-5-15(22)6-4-13)18(25-19)14-7-9-23-10-8-14/h3-10,16,20H,11-12H2,1-2H3,(H,24,25). The van der Waals surface area contributed by atoms with Crippen molar-refractivity contribution in [2.75, 3.05) is 13.2 Å². The zero-order chi connectivity index (χ0) is 21.3. The highest BCUT2D eigenvalue weighted by molar-refractivity contribution is 5.78. The highest BCUT2D eigenvalue weighted by atomic mass is 19.1. The molecule has 0 radical (unpaired) electrons. The summed E-state index contributed by atoms with van der Waals surface area (Å²) in [5.41, 5.74) is 2.33. The van der Waals surface area contributed by atoms with Gasteiger partial charge in [-0.05, 0) is 36.4 Å². The second-order valence-corrected chi connectivity index (χ2v) is 7.86. The van der Waals surface area contributed by atoms with Crippen molar-refractivity contribution in [2.45, 2.75) is 26.2 Å². The second-order valence-electron chi connectivity index (χ2n) is 7.86. The number of H-pyrrole nitrogens is 1. The molecule has 1 saturated heterocycles. The van der Waals surface area contributed by atoms with Crippen molar-refractivity contribution in [1.29, 1.82) is 0 Å². The van der Waals surface area contributed by atoms with E-state index in [0.717, 1.165) is 5.56 Å². The molecule has 1 N–H and O–H groups in total. The van der Waals surface area contributed by atoms with E-state index >= 15 is 0 Å². The number of hydrogen-bond donors (Lipinski definition) is 1. The van der Waals surface area contributed by atoms with E-state index in [-0.39, 0.29) is 23.9 Å². The van der Waals surface area contributed by atoms with E-state index in [1.165, 1.54) is 12.1 Å². The number of pyridine rings is 1. The summed E-state index contributed by atoms with van der Waals surface area (Å²) in [5.74, 6) is 0.0498. The van der Waals surface area contributed by atoms with E-state index in [9.17, 15) is 14.5 Å². The van der Waals surface area contributed by atoms with Crippen LogP contribution in [0.25, 0.3) is 22.5 Å². The molecule has 2 atom stereocenters. The SMILES string of the molecule is CC1(C)COC(c2nc(-c3ccc(F)cc3)c(-c3ccncc3)[nH]2)OC1C[N+](=O)[O-]. The Morgan fingerprint density at radius 1 is 1.20 bits per heavy atom. The minimum atomic E-state index is -0.877. The molecule has 1 aliphatic rings. The van der Waals surface area contributed by atoms with Crippen LogP contribution < -0.4 is 0 Å². The number of ether oxygens (including phenoxy) is 2. The van der Waals surface area contributed by atoms with Gasteiger partial charge >= 0.3 is 0 Å². The minimum Gasteiger partial charge on any atom is -0.345 e. The van der Waals surface area contributed by atoms with Gasteiger partial charge in [-0.2, -0.15) is 0 Å². The Labute approximate surface area is 172 Å². The first-order chi connectivity index (χ1) is 14.3. The molecule has 156 valence electrons. The van der Waals surface area contributed by atoms with Gasteiger partial charge in [0, 0.05) is 33.9 Å². The van der Waals surface area contributed by atoms with Crippen molar-refractivity contribution < 1.29 is 18.8 Å². The first-order valence-corrected chi connectivity index (χ1v) is 9.48. The lowest BCUT2D eigenvalue weighted by molar-refractivity contribution is -0.503. The molecule has 9 heteroatoms. The van der Waals surface area contributed by atoms with Gasteiger partial charge in [0.15, 0.2) is 5.82 Å². The largest absolute Gasteiger partial charge is 0.345 e. The van der Waals surface area contributed by atoms with E-state index in [2.05, 4.69) is 15.0 Å². The Morgan fingerprint density at radius 2 is 1.90 bits per heavy atom. The lowest BCUT2D eigenvalue weighted by Gasteiger charge is -2.39. The second kappa shape index (κ2) is 7.92. The Bertz CT molecular complexity index is 1040. The van der Waals surface area contributed by atoms with Gasteiger partial charge in [0.25, 0.3) is 0 Å². The Hall–Kier alpha value is -3.17. The Morgan fingerprint density at radius 3 is 2.57 bits per heavy atom. The number of benzene rings is 1. The zero-order valence-corrected chi connectivity index (χ0v) is 16.5. The highest BCUT2D eigenvalue weighted by Crippen LogP contribution is 2.38. The van der Waals surface area contributed by atoms with Crippen LogP contribution in [0.4, 0.5) is 4.39 Å². The molecule has 2 unspecified atom stereocenters. The molecule has 4 rings (SSSR count). The number of aromatic amines is 1. The lowest BCUT2D eigenvalue weighted by Crippen LogP contribution is -2.46. The summed E-state index contributed by atoms with van der Waals surface area (Å²) >= 11 is 0. The number of hydrogen-bond acceptors (Lipinski definition) is 6.